The van der Waals surface area contributed by atoms with Gasteiger partial charge in [-0.25, -0.2) is 0 Å². The molecule has 4 nitrogen and oxygen atoms in total. The average molecular weight is 328 g/mol. The molecule has 0 fully saturated rings. The molecule has 2 rings (SSSR count). The molecule has 0 aromatic heterocycles. The summed E-state index contributed by atoms with van der Waals surface area (Å²) in [7, 11) is 0. The topological polar surface area (TPSA) is 58.2 Å². The van der Waals surface area contributed by atoms with Gasteiger partial charge in [0.2, 0.25) is 11.8 Å². The van der Waals surface area contributed by atoms with Crippen LogP contribution < -0.4 is 10.6 Å². The molecule has 2 amide bonds. The number of rotatable bonds is 6. The molecule has 0 spiro atoms. The van der Waals surface area contributed by atoms with E-state index >= 15 is 0 Å². The van der Waals surface area contributed by atoms with Gasteiger partial charge in [-0.3, -0.25) is 9.59 Å². The molecule has 0 aliphatic carbocycles. The van der Waals surface area contributed by atoms with Gasteiger partial charge in [-0.15, -0.1) is 11.8 Å². The summed E-state index contributed by atoms with van der Waals surface area (Å²) in [5.41, 5.74) is 3.77. The smallest absolute Gasteiger partial charge is 0.234 e. The van der Waals surface area contributed by atoms with Crippen molar-refractivity contribution in [3.63, 3.8) is 0 Å². The van der Waals surface area contributed by atoms with E-state index in [0.29, 0.717) is 0 Å². The van der Waals surface area contributed by atoms with Gasteiger partial charge in [0, 0.05) is 11.4 Å². The molecule has 0 bridgehead atoms. The van der Waals surface area contributed by atoms with E-state index in [1.807, 2.05) is 62.4 Å². The fourth-order valence-electron chi connectivity index (χ4n) is 2.10. The molecule has 2 aromatic carbocycles. The summed E-state index contributed by atoms with van der Waals surface area (Å²) >= 11 is 1.29. The maximum Gasteiger partial charge on any atom is 0.234 e. The maximum atomic E-state index is 11.9. The standard InChI is InChI=1S/C18H20N2O2S/c1-13-8-9-16(14(2)10-13)20-18(22)12-23-11-17(21)19-15-6-4-3-5-7-15/h3-10H,11-12H2,1-2H3,(H,19,21)(H,20,22). The molecule has 0 aliphatic rings. The predicted molar refractivity (Wildman–Crippen MR) is 96.9 cm³/mol. The fourth-order valence-corrected chi connectivity index (χ4v) is 2.71. The summed E-state index contributed by atoms with van der Waals surface area (Å²) in [6.07, 6.45) is 0. The van der Waals surface area contributed by atoms with Gasteiger partial charge in [-0.2, -0.15) is 0 Å². The summed E-state index contributed by atoms with van der Waals surface area (Å²) in [4.78, 5) is 23.7. The van der Waals surface area contributed by atoms with Crippen molar-refractivity contribution in [2.24, 2.45) is 0 Å². The van der Waals surface area contributed by atoms with Crippen molar-refractivity contribution in [2.45, 2.75) is 13.8 Å². The van der Waals surface area contributed by atoms with Crippen molar-refractivity contribution in [3.05, 3.63) is 59.7 Å². The Balaban J connectivity index is 1.73. The zero-order valence-electron chi connectivity index (χ0n) is 13.3. The number of carbonyl (C=O) groups excluding carboxylic acids is 2. The third-order valence-electron chi connectivity index (χ3n) is 3.18. The summed E-state index contributed by atoms with van der Waals surface area (Å²) in [6.45, 7) is 3.98. The second-order valence-corrected chi connectivity index (χ2v) is 6.26. The molecule has 0 unspecified atom stereocenters. The number of hydrogen-bond acceptors (Lipinski definition) is 3. The monoisotopic (exact) mass is 328 g/mol. The van der Waals surface area contributed by atoms with Crippen LogP contribution in [0.3, 0.4) is 0 Å². The van der Waals surface area contributed by atoms with E-state index in [4.69, 9.17) is 0 Å². The number of amides is 2. The van der Waals surface area contributed by atoms with Crippen molar-refractivity contribution in [3.8, 4) is 0 Å². The minimum atomic E-state index is -0.111. The van der Waals surface area contributed by atoms with Gasteiger partial charge in [-0.05, 0) is 37.6 Å². The predicted octanol–water partition coefficient (Wildman–Crippen LogP) is 3.61. The van der Waals surface area contributed by atoms with E-state index in [1.165, 1.54) is 11.8 Å². The number of carbonyl (C=O) groups is 2. The lowest BCUT2D eigenvalue weighted by molar-refractivity contribution is -0.114. The summed E-state index contributed by atoms with van der Waals surface area (Å²) in [5, 5.41) is 5.66. The lowest BCUT2D eigenvalue weighted by Crippen LogP contribution is -2.18. The lowest BCUT2D eigenvalue weighted by atomic mass is 10.1. The van der Waals surface area contributed by atoms with Crippen LogP contribution in [0.4, 0.5) is 11.4 Å². The van der Waals surface area contributed by atoms with Crippen LogP contribution in [0.25, 0.3) is 0 Å². The highest BCUT2D eigenvalue weighted by atomic mass is 32.2. The largest absolute Gasteiger partial charge is 0.325 e. The first kappa shape index (κ1) is 17.1. The van der Waals surface area contributed by atoms with Crippen LogP contribution in [-0.2, 0) is 9.59 Å². The molecule has 0 atom stereocenters. The Labute approximate surface area is 140 Å². The van der Waals surface area contributed by atoms with Gasteiger partial charge < -0.3 is 10.6 Å². The van der Waals surface area contributed by atoms with E-state index in [2.05, 4.69) is 10.6 Å². The van der Waals surface area contributed by atoms with E-state index in [9.17, 15) is 9.59 Å². The molecule has 0 radical (unpaired) electrons. The molecule has 0 aliphatic heterocycles. The van der Waals surface area contributed by atoms with Crippen LogP contribution in [-0.4, -0.2) is 23.3 Å². The van der Waals surface area contributed by atoms with E-state index < -0.39 is 0 Å². The molecule has 2 aromatic rings. The van der Waals surface area contributed by atoms with Crippen LogP contribution in [0, 0.1) is 13.8 Å². The Bertz CT molecular complexity index is 687. The Hall–Kier alpha value is -2.27. The van der Waals surface area contributed by atoms with Crippen molar-refractivity contribution in [1.82, 2.24) is 0 Å². The number of aryl methyl sites for hydroxylation is 2. The SMILES string of the molecule is Cc1ccc(NC(=O)CSCC(=O)Nc2ccccc2)c(C)c1. The normalized spacial score (nSPS) is 10.2. The number of nitrogens with one attached hydrogen (secondary N) is 2. The summed E-state index contributed by atoms with van der Waals surface area (Å²) in [6, 6.07) is 15.2. The van der Waals surface area contributed by atoms with Crippen molar-refractivity contribution in [1.29, 1.82) is 0 Å². The third kappa shape index (κ3) is 5.79. The second-order valence-electron chi connectivity index (χ2n) is 5.27. The first-order valence-electron chi connectivity index (χ1n) is 7.34. The molecule has 5 heteroatoms. The van der Waals surface area contributed by atoms with Gasteiger partial charge in [-0.1, -0.05) is 35.9 Å². The minimum absolute atomic E-state index is 0.102. The van der Waals surface area contributed by atoms with Crippen molar-refractivity contribution < 1.29 is 9.59 Å². The molecule has 120 valence electrons. The molecule has 0 heterocycles. The van der Waals surface area contributed by atoms with Gasteiger partial charge in [0.25, 0.3) is 0 Å². The molecule has 2 N–H and O–H groups in total. The number of thioether (sulfide) groups is 1. The molecule has 0 saturated carbocycles. The van der Waals surface area contributed by atoms with Crippen LogP contribution in [0.1, 0.15) is 11.1 Å². The highest BCUT2D eigenvalue weighted by Crippen LogP contribution is 2.16. The number of benzene rings is 2. The lowest BCUT2D eigenvalue weighted by Gasteiger charge is -2.09. The maximum absolute atomic E-state index is 11.9. The molecule has 0 saturated heterocycles. The molecular formula is C18H20N2O2S. The molecule has 23 heavy (non-hydrogen) atoms. The summed E-state index contributed by atoms with van der Waals surface area (Å²) < 4.78 is 0. The quantitative estimate of drug-likeness (QED) is 0.851. The van der Waals surface area contributed by atoms with Gasteiger partial charge in [0.1, 0.15) is 0 Å². The Kier molecular flexibility index (Phi) is 6.23. The summed E-state index contributed by atoms with van der Waals surface area (Å²) in [5.74, 6) is 0.278. The van der Waals surface area contributed by atoms with E-state index in [1.54, 1.807) is 0 Å². The van der Waals surface area contributed by atoms with Gasteiger partial charge >= 0.3 is 0 Å². The minimum Gasteiger partial charge on any atom is -0.325 e. The fraction of sp³-hybridized carbons (Fsp3) is 0.222. The van der Waals surface area contributed by atoms with E-state index in [-0.39, 0.29) is 23.3 Å². The molecular weight excluding hydrogens is 308 g/mol. The van der Waals surface area contributed by atoms with Crippen LogP contribution in [0.5, 0.6) is 0 Å². The van der Waals surface area contributed by atoms with Crippen molar-refractivity contribution >= 4 is 35.0 Å². The zero-order valence-corrected chi connectivity index (χ0v) is 14.1. The first-order valence-corrected chi connectivity index (χ1v) is 8.50. The third-order valence-corrected chi connectivity index (χ3v) is 4.11. The Morgan fingerprint density at radius 2 is 1.57 bits per heavy atom. The van der Waals surface area contributed by atoms with E-state index in [0.717, 1.165) is 22.5 Å². The highest BCUT2D eigenvalue weighted by Gasteiger charge is 2.07. The number of para-hydroxylation sites is 1. The van der Waals surface area contributed by atoms with Gasteiger partial charge in [0.05, 0.1) is 11.5 Å². The zero-order chi connectivity index (χ0) is 16.7. The number of anilines is 2. The first-order chi connectivity index (χ1) is 11.0. The van der Waals surface area contributed by atoms with Crippen LogP contribution in [0.2, 0.25) is 0 Å². The average Bonchev–Trinajstić information content (AvgIpc) is 2.51. The van der Waals surface area contributed by atoms with Crippen LogP contribution >= 0.6 is 11.8 Å². The number of hydrogen-bond donors (Lipinski definition) is 2. The Morgan fingerprint density at radius 3 is 2.22 bits per heavy atom. The van der Waals surface area contributed by atoms with Gasteiger partial charge in [0.15, 0.2) is 0 Å². The Morgan fingerprint density at radius 1 is 0.913 bits per heavy atom. The highest BCUT2D eigenvalue weighted by molar-refractivity contribution is 8.00. The second kappa shape index (κ2) is 8.39. The van der Waals surface area contributed by atoms with Crippen LogP contribution in [0.15, 0.2) is 48.5 Å². The van der Waals surface area contributed by atoms with Crippen molar-refractivity contribution in [2.75, 3.05) is 22.1 Å².